The number of carbonyl (C=O) groups excluding carboxylic acids is 3. The Morgan fingerprint density at radius 2 is 0.982 bits per heavy atom. The van der Waals surface area contributed by atoms with Crippen LogP contribution in [0.5, 0.6) is 23.3 Å². The van der Waals surface area contributed by atoms with Gasteiger partial charge in [0, 0.05) is 90.6 Å². The number of nitrogens with zero attached hydrogens (tertiary/aromatic N) is 15. The molecule has 3 fully saturated rings. The number of piperidine rings is 1. The quantitative estimate of drug-likeness (QED) is 0.0370. The van der Waals surface area contributed by atoms with Gasteiger partial charge in [-0.2, -0.15) is 35.7 Å². The lowest BCUT2D eigenvalue weighted by atomic mass is 9.91. The van der Waals surface area contributed by atoms with E-state index in [2.05, 4.69) is 69.5 Å². The predicted octanol–water partition coefficient (Wildman–Crippen LogP) is 9.67. The van der Waals surface area contributed by atoms with E-state index in [4.69, 9.17) is 42.0 Å². The minimum atomic E-state index is -0.370. The summed E-state index contributed by atoms with van der Waals surface area (Å²) in [5.74, 6) is 2.47. The van der Waals surface area contributed by atoms with Gasteiger partial charge in [-0.15, -0.1) is 0 Å². The highest BCUT2D eigenvalue weighted by Gasteiger charge is 2.33. The van der Waals surface area contributed by atoms with Gasteiger partial charge < -0.3 is 47.1 Å². The second-order valence-corrected chi connectivity index (χ2v) is 27.3. The van der Waals surface area contributed by atoms with Crippen molar-refractivity contribution < 1.29 is 23.9 Å². The van der Waals surface area contributed by atoms with Crippen molar-refractivity contribution in [1.29, 1.82) is 0 Å². The van der Waals surface area contributed by atoms with E-state index in [1.165, 1.54) is 12.2 Å². The molecule has 2 aliphatic carbocycles. The van der Waals surface area contributed by atoms with Crippen molar-refractivity contribution in [2.24, 2.45) is 0 Å². The molecule has 560 valence electrons. The standard InChI is InChI=1S/C28H32N8O3.C26H24N8O2.C25H25N7O3/c1-35(2)17-5-6-22(37)31-19-10-12-20(13-11-19)36-26-24(27(29)32-33-28(26)38)25(34-36)18-8-14-21(15-9-18)39-23-7-3-4-16-30-23;1-2-21(35)32-13-5-7-19(15-32)34-24-22(25(27)28-29-26(24)36)23(31-34)16-9-11-18(12-10-16)33-14-17-6-3-4-8-20(17)30-33;1-2-19(33)28-16-8-10-17(11-9-16)32-23-21(24(26)29-30-25(23)34)22(31-32)15-6-12-18(13-7-15)35-20-5-3-4-14-27-20/h3-9,14-16,19-20H,10-13,17H2,1-2H3,(H2,29,32)(H,31,37)(H,33,38);2-4,6,8-12,14,19H,1,5,7,13,15H2,(H2,27,28)(H,29,36);2-7,12-14,16-17H,1,8-11H2,(H2,26,29)(H,28,33)(H,30,34)/b6-5+;;. The van der Waals surface area contributed by atoms with Gasteiger partial charge in [-0.25, -0.2) is 29.9 Å². The van der Waals surface area contributed by atoms with Gasteiger partial charge in [0.2, 0.25) is 29.5 Å². The van der Waals surface area contributed by atoms with Crippen LogP contribution in [0, 0.1) is 0 Å². The van der Waals surface area contributed by atoms with Gasteiger partial charge in [-0.3, -0.25) is 42.8 Å². The van der Waals surface area contributed by atoms with E-state index in [9.17, 15) is 28.8 Å². The molecule has 110 heavy (non-hydrogen) atoms. The smallest absolute Gasteiger partial charge is 0.290 e. The molecule has 31 heteroatoms. The molecule has 0 radical (unpaired) electrons. The van der Waals surface area contributed by atoms with Crippen LogP contribution in [0.3, 0.4) is 0 Å². The largest absolute Gasteiger partial charge is 0.439 e. The number of carbonyl (C=O) groups is 3. The lowest BCUT2D eigenvalue weighted by Gasteiger charge is -2.32. The number of nitrogens with one attached hydrogen (secondary N) is 5. The van der Waals surface area contributed by atoms with Crippen LogP contribution < -0.4 is 54.0 Å². The van der Waals surface area contributed by atoms with Crippen LogP contribution in [-0.4, -0.2) is 153 Å². The molecule has 0 bridgehead atoms. The normalized spacial score (nSPS) is 17.1. The highest BCUT2D eigenvalue weighted by Crippen LogP contribution is 2.40. The van der Waals surface area contributed by atoms with Crippen molar-refractivity contribution in [3.8, 4) is 62.7 Å². The maximum absolute atomic E-state index is 12.9. The number of H-pyrrole nitrogens is 3. The number of likely N-dealkylation sites (tertiary alicyclic amines) is 1. The molecule has 1 aliphatic heterocycles. The third kappa shape index (κ3) is 16.0. The van der Waals surface area contributed by atoms with Crippen LogP contribution in [0.1, 0.15) is 82.3 Å². The number of hydrogen-bond acceptors (Lipinski definition) is 21. The lowest BCUT2D eigenvalue weighted by molar-refractivity contribution is -0.127. The van der Waals surface area contributed by atoms with Gasteiger partial charge in [0.05, 0.1) is 45.5 Å². The van der Waals surface area contributed by atoms with Crippen LogP contribution >= 0.6 is 0 Å². The number of fused-ring (bicyclic) bond motifs is 4. The van der Waals surface area contributed by atoms with Gasteiger partial charge in [-0.1, -0.05) is 61.7 Å². The molecule has 1 saturated heterocycles. The summed E-state index contributed by atoms with van der Waals surface area (Å²) >= 11 is 0. The summed E-state index contributed by atoms with van der Waals surface area (Å²) in [6, 6.07) is 41.4. The minimum Gasteiger partial charge on any atom is -0.439 e. The van der Waals surface area contributed by atoms with Crippen LogP contribution in [-0.2, 0) is 14.4 Å². The molecule has 10 heterocycles. The van der Waals surface area contributed by atoms with Crippen molar-refractivity contribution in [2.45, 2.75) is 94.4 Å². The van der Waals surface area contributed by atoms with Crippen LogP contribution in [0.15, 0.2) is 204 Å². The molecular weight excluding hydrogens is 1400 g/mol. The van der Waals surface area contributed by atoms with Crippen molar-refractivity contribution in [1.82, 2.24) is 100 Å². The Morgan fingerprint density at radius 3 is 1.42 bits per heavy atom. The van der Waals surface area contributed by atoms with Crippen LogP contribution in [0.25, 0.3) is 83.1 Å². The molecule has 11 N–H and O–H groups in total. The number of ether oxygens (including phenoxy) is 2. The molecule has 9 aromatic heterocycles. The number of rotatable bonds is 18. The van der Waals surface area contributed by atoms with Crippen molar-refractivity contribution in [3.63, 3.8) is 0 Å². The number of nitrogens with two attached hydrogens (primary N) is 3. The number of likely N-dealkylation sites (N-methyl/N-ethyl adjacent to an activating group) is 1. The first-order valence-electron chi connectivity index (χ1n) is 36.1. The number of hydrogen-bond donors (Lipinski definition) is 8. The summed E-state index contributed by atoms with van der Waals surface area (Å²) in [5, 5.41) is 47.3. The zero-order valence-electron chi connectivity index (χ0n) is 60.4. The van der Waals surface area contributed by atoms with E-state index in [0.717, 1.165) is 97.5 Å². The molecule has 3 amide bonds. The number of amides is 3. The number of benzene rings is 4. The topological polar surface area (TPSA) is 413 Å². The van der Waals surface area contributed by atoms with E-state index in [1.54, 1.807) is 49.5 Å². The third-order valence-electron chi connectivity index (χ3n) is 19.7. The first-order chi connectivity index (χ1) is 53.4. The Labute approximate surface area is 628 Å². The van der Waals surface area contributed by atoms with Gasteiger partial charge in [0.15, 0.2) is 17.5 Å². The predicted molar refractivity (Wildman–Crippen MR) is 419 cm³/mol. The fourth-order valence-corrected chi connectivity index (χ4v) is 14.3. The van der Waals surface area contributed by atoms with E-state index in [1.807, 2.05) is 157 Å². The Kier molecular flexibility index (Phi) is 21.7. The van der Waals surface area contributed by atoms with E-state index in [0.29, 0.717) is 92.7 Å². The van der Waals surface area contributed by atoms with Gasteiger partial charge in [0.25, 0.3) is 16.7 Å². The third-order valence-corrected chi connectivity index (χ3v) is 19.7. The average Bonchev–Trinajstić information content (AvgIpc) is 1.61. The molecule has 1 atom stereocenters. The second kappa shape index (κ2) is 32.6. The maximum atomic E-state index is 12.9. The number of nitrogen functional groups attached to an aromatic ring is 3. The summed E-state index contributed by atoms with van der Waals surface area (Å²) in [6.45, 7) is 8.90. The van der Waals surface area contributed by atoms with Crippen LogP contribution in [0.4, 0.5) is 17.5 Å². The van der Waals surface area contributed by atoms with Gasteiger partial charge in [-0.05, 0) is 169 Å². The fraction of sp³-hybridized carbons (Fsp3) is 0.253. The summed E-state index contributed by atoms with van der Waals surface area (Å²) in [5.41, 5.74) is 24.8. The first kappa shape index (κ1) is 73.2. The SMILES string of the molecule is C=CC(=O)N1CCCC(n2nc(-c3ccc(-n4cc5ccccc5n4)cc3)c3c(N)n[nH]c(=O)c32)C1.C=CC(=O)NC1CCC(n2nc(-c3ccc(Oc4ccccn4)cc3)c3c(N)n[nH]c(=O)c32)CC1.CN(C)C/C=C/C(=O)NC1CCC(n2nc(-c3ccc(Oc4ccccn4)cc3)c3c(N)n[nH]c(=O)c32)CC1. The summed E-state index contributed by atoms with van der Waals surface area (Å²) in [4.78, 5) is 86.9. The molecular formula is C79H81N23O8. The fourth-order valence-electron chi connectivity index (χ4n) is 14.3. The molecule has 1 unspecified atom stereocenters. The molecule has 4 aromatic carbocycles. The number of aromatic nitrogens is 16. The second-order valence-electron chi connectivity index (χ2n) is 27.3. The highest BCUT2D eigenvalue weighted by molar-refractivity contribution is 6.02. The number of pyridine rings is 2. The van der Waals surface area contributed by atoms with Crippen molar-refractivity contribution in [2.75, 3.05) is 50.9 Å². The van der Waals surface area contributed by atoms with Crippen molar-refractivity contribution in [3.05, 3.63) is 221 Å². The Hall–Kier alpha value is -13.7. The Balaban J connectivity index is 0.000000138. The molecule has 13 aromatic rings. The zero-order valence-corrected chi connectivity index (χ0v) is 60.4. The van der Waals surface area contributed by atoms with E-state index in [-0.39, 0.29) is 82.1 Å². The lowest BCUT2D eigenvalue weighted by Crippen LogP contribution is -2.40. The zero-order chi connectivity index (χ0) is 76.5. The number of anilines is 3. The van der Waals surface area contributed by atoms with Gasteiger partial charge >= 0.3 is 0 Å². The molecule has 16 rings (SSSR count). The van der Waals surface area contributed by atoms with Crippen LogP contribution in [0.2, 0.25) is 0 Å². The highest BCUT2D eigenvalue weighted by atomic mass is 16.5. The van der Waals surface area contributed by atoms with Crippen molar-refractivity contribution >= 4 is 78.8 Å². The molecule has 0 spiro atoms. The van der Waals surface area contributed by atoms with E-state index < -0.39 is 0 Å². The Bertz CT molecular complexity index is 5700. The maximum Gasteiger partial charge on any atom is 0.290 e. The van der Waals surface area contributed by atoms with Gasteiger partial charge in [0.1, 0.15) is 45.1 Å². The molecule has 3 aliphatic rings. The monoisotopic (exact) mass is 1480 g/mol. The minimum absolute atomic E-state index is 0.00204. The summed E-state index contributed by atoms with van der Waals surface area (Å²) < 4.78 is 18.7. The summed E-state index contributed by atoms with van der Waals surface area (Å²) in [7, 11) is 3.91. The Morgan fingerprint density at radius 1 is 0.536 bits per heavy atom. The average molecular weight is 1480 g/mol. The summed E-state index contributed by atoms with van der Waals surface area (Å²) in [6.07, 6.45) is 19.1. The molecule has 31 nitrogen and oxygen atoms in total. The molecule has 2 saturated carbocycles. The first-order valence-corrected chi connectivity index (χ1v) is 36.1. The number of aromatic amines is 3. The van der Waals surface area contributed by atoms with E-state index >= 15 is 0 Å².